The molecule has 1 aromatic carbocycles. The first kappa shape index (κ1) is 11.4. The number of benzene rings is 1. The van der Waals surface area contributed by atoms with Gasteiger partial charge in [0.05, 0.1) is 0 Å². The molecule has 0 aliphatic carbocycles. The highest BCUT2D eigenvalue weighted by atomic mass is 19.4. The van der Waals surface area contributed by atoms with Gasteiger partial charge in [-0.2, -0.15) is 13.2 Å². The second kappa shape index (κ2) is 3.46. The van der Waals surface area contributed by atoms with Crippen molar-refractivity contribution in [1.82, 2.24) is 0 Å². The largest absolute Gasteiger partial charge is 0.421 e. The van der Waals surface area contributed by atoms with Gasteiger partial charge in [-0.1, -0.05) is 24.3 Å². The molecule has 1 unspecified atom stereocenters. The van der Waals surface area contributed by atoms with Crippen LogP contribution in [0.3, 0.4) is 0 Å². The van der Waals surface area contributed by atoms with Crippen molar-refractivity contribution in [2.24, 2.45) is 0 Å². The van der Waals surface area contributed by atoms with Gasteiger partial charge in [-0.25, -0.2) is 0 Å². The van der Waals surface area contributed by atoms with Gasteiger partial charge in [-0.15, -0.1) is 0 Å². The maximum absolute atomic E-state index is 12.9. The van der Waals surface area contributed by atoms with Crippen molar-refractivity contribution >= 4 is 0 Å². The first-order valence-corrected chi connectivity index (χ1v) is 4.85. The number of aliphatic hydroxyl groups excluding tert-OH is 1. The van der Waals surface area contributed by atoms with Gasteiger partial charge in [0.2, 0.25) is 0 Å². The molecule has 2 nitrogen and oxygen atoms in total. The number of fused-ring (bicyclic) bond motifs is 1. The number of hydrogen-bond donors (Lipinski definition) is 1. The summed E-state index contributed by atoms with van der Waals surface area (Å²) in [5.74, 6) is 0. The van der Waals surface area contributed by atoms with E-state index in [1.54, 1.807) is 12.1 Å². The Morgan fingerprint density at radius 2 is 2.00 bits per heavy atom. The second-order valence-electron chi connectivity index (χ2n) is 3.96. The smallest absolute Gasteiger partial charge is 0.368 e. The summed E-state index contributed by atoms with van der Waals surface area (Å²) in [7, 11) is 0. The number of halogens is 3. The predicted octanol–water partition coefficient (Wildman–Crippen LogP) is 2.36. The van der Waals surface area contributed by atoms with Crippen LogP contribution in [0.4, 0.5) is 13.2 Å². The molecular weight excluding hydrogens is 221 g/mol. The lowest BCUT2D eigenvalue weighted by atomic mass is 9.87. The zero-order valence-electron chi connectivity index (χ0n) is 8.58. The molecule has 1 aromatic rings. The van der Waals surface area contributed by atoms with Crippen LogP contribution in [0.25, 0.3) is 0 Å². The normalized spacial score (nSPS) is 29.9. The zero-order valence-corrected chi connectivity index (χ0v) is 8.58. The van der Waals surface area contributed by atoms with E-state index in [-0.39, 0.29) is 12.0 Å². The van der Waals surface area contributed by atoms with Gasteiger partial charge in [-0.3, -0.25) is 0 Å². The number of alkyl halides is 3. The highest BCUT2D eigenvalue weighted by molar-refractivity contribution is 5.35. The first-order valence-electron chi connectivity index (χ1n) is 4.85. The fourth-order valence-corrected chi connectivity index (χ4v) is 1.95. The Kier molecular flexibility index (Phi) is 2.47. The van der Waals surface area contributed by atoms with E-state index in [4.69, 9.17) is 4.74 Å². The molecule has 5 heteroatoms. The average molecular weight is 232 g/mol. The Morgan fingerprint density at radius 3 is 2.62 bits per heavy atom. The maximum atomic E-state index is 12.9. The molecule has 16 heavy (non-hydrogen) atoms. The lowest BCUT2D eigenvalue weighted by Gasteiger charge is -2.39. The molecule has 2 rings (SSSR count). The van der Waals surface area contributed by atoms with Crippen LogP contribution in [0.1, 0.15) is 18.1 Å². The quantitative estimate of drug-likeness (QED) is 0.744. The van der Waals surface area contributed by atoms with Crippen LogP contribution in [-0.2, 0) is 16.8 Å². The fraction of sp³-hybridized carbons (Fsp3) is 0.455. The summed E-state index contributed by atoms with van der Waals surface area (Å²) in [6, 6.07) is 6.14. The van der Waals surface area contributed by atoms with Gasteiger partial charge in [0.1, 0.15) is 0 Å². The molecule has 0 aromatic heterocycles. The highest BCUT2D eigenvalue weighted by Crippen LogP contribution is 2.46. The number of ether oxygens (including phenoxy) is 1. The Morgan fingerprint density at radius 1 is 1.38 bits per heavy atom. The standard InChI is InChI=1S/C11H11F3O2/c1-10(11(12,13)14)8-5-3-2-4-7(8)6-9(15)16-10/h2-5,9,15H,6H2,1H3/t9?,10-/m1/s1. The number of hydrogen-bond acceptors (Lipinski definition) is 2. The van der Waals surface area contributed by atoms with Gasteiger partial charge >= 0.3 is 6.18 Å². The SMILES string of the molecule is C[C@@]1(C(F)(F)F)OC(O)Cc2ccccc21. The van der Waals surface area contributed by atoms with Crippen LogP contribution in [0.15, 0.2) is 24.3 Å². The van der Waals surface area contributed by atoms with Crippen molar-refractivity contribution in [2.45, 2.75) is 31.4 Å². The molecule has 2 atom stereocenters. The molecule has 0 bridgehead atoms. The van der Waals surface area contributed by atoms with Crippen molar-refractivity contribution in [1.29, 1.82) is 0 Å². The Labute approximate surface area is 90.7 Å². The second-order valence-corrected chi connectivity index (χ2v) is 3.96. The number of rotatable bonds is 0. The summed E-state index contributed by atoms with van der Waals surface area (Å²) in [4.78, 5) is 0. The van der Waals surface area contributed by atoms with Crippen molar-refractivity contribution < 1.29 is 23.0 Å². The minimum absolute atomic E-state index is 0.0767. The van der Waals surface area contributed by atoms with Gasteiger partial charge in [0.15, 0.2) is 11.9 Å². The summed E-state index contributed by atoms with van der Waals surface area (Å²) in [6.07, 6.45) is -5.88. The Hall–Kier alpha value is -1.07. The van der Waals surface area contributed by atoms with E-state index in [2.05, 4.69) is 0 Å². The summed E-state index contributed by atoms with van der Waals surface area (Å²) >= 11 is 0. The minimum atomic E-state index is -4.55. The average Bonchev–Trinajstić information content (AvgIpc) is 2.15. The molecule has 1 N–H and O–H groups in total. The third-order valence-electron chi connectivity index (χ3n) is 2.84. The van der Waals surface area contributed by atoms with E-state index in [0.29, 0.717) is 5.56 Å². The Bertz CT molecular complexity index is 402. The van der Waals surface area contributed by atoms with Crippen molar-refractivity contribution in [3.8, 4) is 0 Å². The molecule has 1 heterocycles. The highest BCUT2D eigenvalue weighted by Gasteiger charge is 2.57. The first-order chi connectivity index (χ1) is 7.34. The van der Waals surface area contributed by atoms with Crippen LogP contribution in [0, 0.1) is 0 Å². The van der Waals surface area contributed by atoms with E-state index in [1.807, 2.05) is 0 Å². The fourth-order valence-electron chi connectivity index (χ4n) is 1.95. The van der Waals surface area contributed by atoms with Crippen LogP contribution < -0.4 is 0 Å². The lowest BCUT2D eigenvalue weighted by molar-refractivity contribution is -0.323. The van der Waals surface area contributed by atoms with Crippen LogP contribution in [-0.4, -0.2) is 17.6 Å². The van der Waals surface area contributed by atoms with E-state index in [0.717, 1.165) is 6.92 Å². The molecule has 88 valence electrons. The topological polar surface area (TPSA) is 29.5 Å². The molecule has 0 saturated heterocycles. The molecule has 0 saturated carbocycles. The van der Waals surface area contributed by atoms with Gasteiger partial charge in [0.25, 0.3) is 0 Å². The van der Waals surface area contributed by atoms with Crippen LogP contribution in [0.2, 0.25) is 0 Å². The van der Waals surface area contributed by atoms with Crippen molar-refractivity contribution in [2.75, 3.05) is 0 Å². The predicted molar refractivity (Wildman–Crippen MR) is 50.6 cm³/mol. The third kappa shape index (κ3) is 1.60. The Balaban J connectivity index is 2.57. The summed E-state index contributed by atoms with van der Waals surface area (Å²) in [6.45, 7) is 0.939. The van der Waals surface area contributed by atoms with E-state index >= 15 is 0 Å². The van der Waals surface area contributed by atoms with Crippen molar-refractivity contribution in [3.05, 3.63) is 35.4 Å². The molecule has 1 aliphatic heterocycles. The van der Waals surface area contributed by atoms with Crippen molar-refractivity contribution in [3.63, 3.8) is 0 Å². The van der Waals surface area contributed by atoms with Gasteiger partial charge in [0, 0.05) is 6.42 Å². The van der Waals surface area contributed by atoms with Crippen LogP contribution >= 0.6 is 0 Å². The molecule has 0 spiro atoms. The van der Waals surface area contributed by atoms with Crippen LogP contribution in [0.5, 0.6) is 0 Å². The monoisotopic (exact) mass is 232 g/mol. The zero-order chi connectivity index (χ0) is 12.0. The van der Waals surface area contributed by atoms with Gasteiger partial charge < -0.3 is 9.84 Å². The number of aliphatic hydroxyl groups is 1. The maximum Gasteiger partial charge on any atom is 0.421 e. The van der Waals surface area contributed by atoms with E-state index < -0.39 is 18.1 Å². The third-order valence-corrected chi connectivity index (χ3v) is 2.84. The van der Waals surface area contributed by atoms with E-state index in [1.165, 1.54) is 12.1 Å². The molecule has 0 amide bonds. The summed E-state index contributed by atoms with van der Waals surface area (Å²) < 4.78 is 43.5. The summed E-state index contributed by atoms with van der Waals surface area (Å²) in [5, 5.41) is 9.33. The molecular formula is C11H11F3O2. The lowest BCUT2D eigenvalue weighted by Crippen LogP contribution is -2.48. The summed E-state index contributed by atoms with van der Waals surface area (Å²) in [5.41, 5.74) is -1.88. The molecule has 0 radical (unpaired) electrons. The van der Waals surface area contributed by atoms with Gasteiger partial charge in [-0.05, 0) is 18.1 Å². The molecule has 1 aliphatic rings. The van der Waals surface area contributed by atoms with E-state index in [9.17, 15) is 18.3 Å². The molecule has 0 fully saturated rings. The minimum Gasteiger partial charge on any atom is -0.368 e.